The van der Waals surface area contributed by atoms with Gasteiger partial charge in [-0.2, -0.15) is 0 Å². The number of ketones is 1. The Morgan fingerprint density at radius 1 is 0.720 bits per heavy atom. The molecular formula is C22H18O3. The van der Waals surface area contributed by atoms with Crippen molar-refractivity contribution < 1.29 is 14.3 Å². The SMILES string of the molecule is CC(OC(=O)c1ccccc1C(=O)c1ccccc1)c1ccccc1. The fourth-order valence-corrected chi connectivity index (χ4v) is 2.62. The average Bonchev–Trinajstić information content (AvgIpc) is 2.68. The highest BCUT2D eigenvalue weighted by atomic mass is 16.5. The Morgan fingerprint density at radius 2 is 1.24 bits per heavy atom. The zero-order valence-corrected chi connectivity index (χ0v) is 13.9. The molecule has 3 aromatic rings. The molecule has 0 saturated carbocycles. The molecule has 0 aromatic heterocycles. The summed E-state index contributed by atoms with van der Waals surface area (Å²) >= 11 is 0. The number of esters is 1. The van der Waals surface area contributed by atoms with Crippen LogP contribution in [0.3, 0.4) is 0 Å². The van der Waals surface area contributed by atoms with E-state index in [9.17, 15) is 9.59 Å². The van der Waals surface area contributed by atoms with Crippen LogP contribution in [0.5, 0.6) is 0 Å². The van der Waals surface area contributed by atoms with Crippen LogP contribution in [0.4, 0.5) is 0 Å². The lowest BCUT2D eigenvalue weighted by atomic mass is 9.98. The average molecular weight is 330 g/mol. The Hall–Kier alpha value is -3.20. The molecule has 0 radical (unpaired) electrons. The van der Waals surface area contributed by atoms with Crippen LogP contribution in [0.25, 0.3) is 0 Å². The van der Waals surface area contributed by atoms with Gasteiger partial charge < -0.3 is 4.74 Å². The summed E-state index contributed by atoms with van der Waals surface area (Å²) in [5.41, 5.74) is 2.07. The molecule has 0 amide bonds. The molecule has 124 valence electrons. The molecule has 0 aliphatic carbocycles. The van der Waals surface area contributed by atoms with E-state index in [0.717, 1.165) is 5.56 Å². The van der Waals surface area contributed by atoms with Crippen LogP contribution in [-0.4, -0.2) is 11.8 Å². The minimum atomic E-state index is -0.503. The molecule has 1 atom stereocenters. The lowest BCUT2D eigenvalue weighted by molar-refractivity contribution is 0.0335. The standard InChI is InChI=1S/C22H18O3/c1-16(17-10-4-2-5-11-17)25-22(24)20-15-9-8-14-19(20)21(23)18-12-6-3-7-13-18/h2-16H,1H3. The maximum atomic E-state index is 12.7. The van der Waals surface area contributed by atoms with Gasteiger partial charge in [0.05, 0.1) is 5.56 Å². The maximum absolute atomic E-state index is 12.7. The van der Waals surface area contributed by atoms with E-state index >= 15 is 0 Å². The van der Waals surface area contributed by atoms with Gasteiger partial charge in [0.25, 0.3) is 0 Å². The van der Waals surface area contributed by atoms with Crippen LogP contribution in [0.15, 0.2) is 84.9 Å². The summed E-state index contributed by atoms with van der Waals surface area (Å²) < 4.78 is 5.56. The molecule has 3 aromatic carbocycles. The summed E-state index contributed by atoms with van der Waals surface area (Å²) in [6.45, 7) is 1.81. The molecule has 0 fully saturated rings. The minimum Gasteiger partial charge on any atom is -0.454 e. The lowest BCUT2D eigenvalue weighted by Crippen LogP contribution is -2.14. The maximum Gasteiger partial charge on any atom is 0.339 e. The summed E-state index contributed by atoms with van der Waals surface area (Å²) in [6, 6.07) is 25.2. The van der Waals surface area contributed by atoms with Crippen LogP contribution in [-0.2, 0) is 4.74 Å². The van der Waals surface area contributed by atoms with E-state index in [2.05, 4.69) is 0 Å². The molecule has 0 aliphatic rings. The Bertz CT molecular complexity index is 870. The second-order valence-corrected chi connectivity index (χ2v) is 5.70. The highest BCUT2D eigenvalue weighted by Crippen LogP contribution is 2.21. The van der Waals surface area contributed by atoms with Crippen LogP contribution in [0, 0.1) is 0 Å². The predicted octanol–water partition coefficient (Wildman–Crippen LogP) is 4.84. The Kier molecular flexibility index (Phi) is 5.05. The van der Waals surface area contributed by atoms with Crippen molar-refractivity contribution in [3.8, 4) is 0 Å². The first-order valence-electron chi connectivity index (χ1n) is 8.11. The number of hydrogen-bond donors (Lipinski definition) is 0. The zero-order chi connectivity index (χ0) is 17.6. The molecule has 3 rings (SSSR count). The Balaban J connectivity index is 1.85. The molecule has 0 bridgehead atoms. The van der Waals surface area contributed by atoms with Gasteiger partial charge in [0.15, 0.2) is 5.78 Å². The number of carbonyl (C=O) groups excluding carboxylic acids is 2. The van der Waals surface area contributed by atoms with Gasteiger partial charge in [-0.3, -0.25) is 4.79 Å². The smallest absolute Gasteiger partial charge is 0.339 e. The summed E-state index contributed by atoms with van der Waals surface area (Å²) in [5.74, 6) is -0.697. The third-order valence-corrected chi connectivity index (χ3v) is 3.98. The summed E-state index contributed by atoms with van der Waals surface area (Å²) in [4.78, 5) is 25.3. The van der Waals surface area contributed by atoms with Gasteiger partial charge >= 0.3 is 5.97 Å². The second-order valence-electron chi connectivity index (χ2n) is 5.70. The first-order valence-corrected chi connectivity index (χ1v) is 8.11. The topological polar surface area (TPSA) is 43.4 Å². The molecule has 25 heavy (non-hydrogen) atoms. The number of benzene rings is 3. The molecule has 0 aliphatic heterocycles. The van der Waals surface area contributed by atoms with Crippen molar-refractivity contribution in [1.29, 1.82) is 0 Å². The van der Waals surface area contributed by atoms with Crippen molar-refractivity contribution in [1.82, 2.24) is 0 Å². The van der Waals surface area contributed by atoms with E-state index in [1.54, 1.807) is 48.5 Å². The third-order valence-electron chi connectivity index (χ3n) is 3.98. The minimum absolute atomic E-state index is 0.194. The van der Waals surface area contributed by atoms with E-state index < -0.39 is 12.1 Å². The van der Waals surface area contributed by atoms with Crippen molar-refractivity contribution in [2.75, 3.05) is 0 Å². The molecule has 3 heteroatoms. The van der Waals surface area contributed by atoms with Crippen molar-refractivity contribution in [2.24, 2.45) is 0 Å². The third kappa shape index (κ3) is 3.83. The predicted molar refractivity (Wildman–Crippen MR) is 96.6 cm³/mol. The van der Waals surface area contributed by atoms with Crippen LogP contribution >= 0.6 is 0 Å². The van der Waals surface area contributed by atoms with Crippen LogP contribution < -0.4 is 0 Å². The normalized spacial score (nSPS) is 11.6. The summed E-state index contributed by atoms with van der Waals surface area (Å²) in [7, 11) is 0. The summed E-state index contributed by atoms with van der Waals surface area (Å²) in [6.07, 6.45) is -0.395. The molecule has 3 nitrogen and oxygen atoms in total. The van der Waals surface area contributed by atoms with Gasteiger partial charge in [-0.25, -0.2) is 4.79 Å². The number of ether oxygens (including phenoxy) is 1. The van der Waals surface area contributed by atoms with E-state index in [4.69, 9.17) is 4.74 Å². The quantitative estimate of drug-likeness (QED) is 0.497. The molecule has 0 spiro atoms. The zero-order valence-electron chi connectivity index (χ0n) is 13.9. The van der Waals surface area contributed by atoms with Crippen molar-refractivity contribution in [2.45, 2.75) is 13.0 Å². The summed E-state index contributed by atoms with van der Waals surface area (Å²) in [5, 5.41) is 0. The largest absolute Gasteiger partial charge is 0.454 e. The highest BCUT2D eigenvalue weighted by molar-refractivity contribution is 6.14. The van der Waals surface area contributed by atoms with Gasteiger partial charge in [-0.05, 0) is 18.6 Å². The molecule has 0 saturated heterocycles. The lowest BCUT2D eigenvalue weighted by Gasteiger charge is -2.15. The molecule has 0 N–H and O–H groups in total. The number of rotatable bonds is 5. The van der Waals surface area contributed by atoms with E-state index in [0.29, 0.717) is 11.1 Å². The second kappa shape index (κ2) is 7.58. The van der Waals surface area contributed by atoms with Crippen LogP contribution in [0.1, 0.15) is 44.9 Å². The monoisotopic (exact) mass is 330 g/mol. The van der Waals surface area contributed by atoms with Gasteiger partial charge in [-0.15, -0.1) is 0 Å². The first-order chi connectivity index (χ1) is 12.2. The fraction of sp³-hybridized carbons (Fsp3) is 0.0909. The number of carbonyl (C=O) groups is 2. The molecular weight excluding hydrogens is 312 g/mol. The fourth-order valence-electron chi connectivity index (χ4n) is 2.62. The molecule has 0 heterocycles. The van der Waals surface area contributed by atoms with E-state index in [-0.39, 0.29) is 11.3 Å². The van der Waals surface area contributed by atoms with Gasteiger partial charge in [0.2, 0.25) is 0 Å². The van der Waals surface area contributed by atoms with Gasteiger partial charge in [-0.1, -0.05) is 78.9 Å². The highest BCUT2D eigenvalue weighted by Gasteiger charge is 2.21. The van der Waals surface area contributed by atoms with Crippen molar-refractivity contribution >= 4 is 11.8 Å². The van der Waals surface area contributed by atoms with E-state index in [1.807, 2.05) is 43.3 Å². The first kappa shape index (κ1) is 16.7. The van der Waals surface area contributed by atoms with Crippen molar-refractivity contribution in [3.05, 3.63) is 107 Å². The van der Waals surface area contributed by atoms with E-state index in [1.165, 1.54) is 0 Å². The number of hydrogen-bond acceptors (Lipinski definition) is 3. The Morgan fingerprint density at radius 3 is 1.88 bits per heavy atom. The Labute approximate surface area is 146 Å². The van der Waals surface area contributed by atoms with Crippen molar-refractivity contribution in [3.63, 3.8) is 0 Å². The van der Waals surface area contributed by atoms with Crippen LogP contribution in [0.2, 0.25) is 0 Å². The molecule has 1 unspecified atom stereocenters. The van der Waals surface area contributed by atoms with Gasteiger partial charge in [0.1, 0.15) is 6.10 Å². The van der Waals surface area contributed by atoms with Gasteiger partial charge in [0, 0.05) is 11.1 Å².